The first-order chi connectivity index (χ1) is 13.5. The third-order valence-electron chi connectivity index (χ3n) is 5.20. The van der Waals surface area contributed by atoms with Crippen LogP contribution in [0.2, 0.25) is 0 Å². The van der Waals surface area contributed by atoms with E-state index < -0.39 is 0 Å². The van der Waals surface area contributed by atoms with Crippen LogP contribution in [0, 0.1) is 20.8 Å². The molecular weight excluding hydrogens is 356 g/mol. The van der Waals surface area contributed by atoms with Gasteiger partial charge < -0.3 is 19.1 Å². The Hall–Kier alpha value is -3.09. The van der Waals surface area contributed by atoms with Crippen molar-refractivity contribution < 1.29 is 14.1 Å². The third kappa shape index (κ3) is 3.52. The first kappa shape index (κ1) is 18.3. The van der Waals surface area contributed by atoms with E-state index in [-0.39, 0.29) is 12.5 Å². The van der Waals surface area contributed by atoms with Crippen LogP contribution in [0.4, 0.5) is 5.69 Å². The zero-order valence-corrected chi connectivity index (χ0v) is 16.6. The number of aromatic nitrogens is 3. The molecule has 3 aromatic rings. The Morgan fingerprint density at radius 1 is 1.29 bits per heavy atom. The van der Waals surface area contributed by atoms with Gasteiger partial charge in [-0.1, -0.05) is 5.16 Å². The van der Waals surface area contributed by atoms with E-state index in [2.05, 4.69) is 15.5 Å². The SMILES string of the molecule is COc1ccc(NC(=O)Cn2c(C)cc(-c3nc(C4CC4)no3)c2C)c(C)c1. The normalized spacial score (nSPS) is 13.6. The van der Waals surface area contributed by atoms with Crippen molar-refractivity contribution in [2.75, 3.05) is 12.4 Å². The molecule has 0 spiro atoms. The van der Waals surface area contributed by atoms with Crippen molar-refractivity contribution in [3.8, 4) is 17.2 Å². The second kappa shape index (κ2) is 7.14. The fourth-order valence-electron chi connectivity index (χ4n) is 3.35. The van der Waals surface area contributed by atoms with Gasteiger partial charge in [-0.2, -0.15) is 4.98 Å². The molecule has 0 unspecified atom stereocenters. The lowest BCUT2D eigenvalue weighted by atomic mass is 10.2. The van der Waals surface area contributed by atoms with Crippen LogP contribution in [0.5, 0.6) is 5.75 Å². The van der Waals surface area contributed by atoms with Gasteiger partial charge in [-0.15, -0.1) is 0 Å². The molecule has 2 heterocycles. The molecule has 146 valence electrons. The first-order valence-electron chi connectivity index (χ1n) is 9.41. The molecule has 1 N–H and O–H groups in total. The maximum Gasteiger partial charge on any atom is 0.259 e. The van der Waals surface area contributed by atoms with Crippen molar-refractivity contribution in [3.63, 3.8) is 0 Å². The van der Waals surface area contributed by atoms with Gasteiger partial charge in [0.15, 0.2) is 5.82 Å². The van der Waals surface area contributed by atoms with Gasteiger partial charge in [0.2, 0.25) is 5.91 Å². The topological polar surface area (TPSA) is 82.2 Å². The summed E-state index contributed by atoms with van der Waals surface area (Å²) in [6.45, 7) is 6.10. The number of carbonyl (C=O) groups is 1. The maximum absolute atomic E-state index is 12.6. The summed E-state index contributed by atoms with van der Waals surface area (Å²) in [6.07, 6.45) is 2.26. The molecule has 0 atom stereocenters. The molecule has 1 saturated carbocycles. The van der Waals surface area contributed by atoms with E-state index in [9.17, 15) is 4.79 Å². The summed E-state index contributed by atoms with van der Waals surface area (Å²) in [5, 5.41) is 7.06. The van der Waals surface area contributed by atoms with Crippen LogP contribution in [-0.2, 0) is 11.3 Å². The second-order valence-corrected chi connectivity index (χ2v) is 7.33. The van der Waals surface area contributed by atoms with E-state index >= 15 is 0 Å². The van der Waals surface area contributed by atoms with Crippen molar-refractivity contribution in [1.82, 2.24) is 14.7 Å². The number of nitrogens with zero attached hydrogens (tertiary/aromatic N) is 3. The molecule has 0 aliphatic heterocycles. The molecule has 0 radical (unpaired) electrons. The minimum Gasteiger partial charge on any atom is -0.497 e. The number of amides is 1. The van der Waals surface area contributed by atoms with E-state index in [1.54, 1.807) is 7.11 Å². The van der Waals surface area contributed by atoms with E-state index in [1.165, 1.54) is 0 Å². The number of nitrogens with one attached hydrogen (secondary N) is 1. The Balaban J connectivity index is 1.51. The van der Waals surface area contributed by atoms with Crippen LogP contribution in [0.15, 0.2) is 28.8 Å². The van der Waals surface area contributed by atoms with E-state index in [0.717, 1.165) is 52.6 Å². The van der Waals surface area contributed by atoms with Crippen LogP contribution in [0.3, 0.4) is 0 Å². The summed E-state index contributed by atoms with van der Waals surface area (Å²) in [4.78, 5) is 17.2. The smallest absolute Gasteiger partial charge is 0.259 e. The van der Waals surface area contributed by atoms with Crippen molar-refractivity contribution >= 4 is 11.6 Å². The molecule has 1 aliphatic carbocycles. The zero-order chi connectivity index (χ0) is 19.8. The minimum atomic E-state index is -0.0918. The first-order valence-corrected chi connectivity index (χ1v) is 9.41. The Labute approximate surface area is 163 Å². The lowest BCUT2D eigenvalue weighted by Gasteiger charge is -2.12. The van der Waals surface area contributed by atoms with Crippen LogP contribution in [0.1, 0.15) is 41.5 Å². The Kier molecular flexibility index (Phi) is 4.66. The molecule has 28 heavy (non-hydrogen) atoms. The number of anilines is 1. The highest BCUT2D eigenvalue weighted by Crippen LogP contribution is 2.39. The molecule has 0 bridgehead atoms. The van der Waals surface area contributed by atoms with Gasteiger partial charge in [0, 0.05) is 23.0 Å². The molecule has 2 aromatic heterocycles. The van der Waals surface area contributed by atoms with E-state index in [0.29, 0.717) is 11.8 Å². The van der Waals surface area contributed by atoms with Crippen LogP contribution >= 0.6 is 0 Å². The number of rotatable bonds is 6. The van der Waals surface area contributed by atoms with Gasteiger partial charge in [0.05, 0.1) is 12.7 Å². The van der Waals surface area contributed by atoms with Crippen LogP contribution in [0.25, 0.3) is 11.5 Å². The molecular formula is C21H24N4O3. The fraction of sp³-hybridized carbons (Fsp3) is 0.381. The molecule has 4 rings (SSSR count). The number of methoxy groups -OCH3 is 1. The molecule has 1 aromatic carbocycles. The molecule has 7 nitrogen and oxygen atoms in total. The van der Waals surface area contributed by atoms with Crippen LogP contribution < -0.4 is 10.1 Å². The number of benzene rings is 1. The summed E-state index contributed by atoms with van der Waals surface area (Å²) >= 11 is 0. The minimum absolute atomic E-state index is 0.0918. The highest BCUT2D eigenvalue weighted by molar-refractivity contribution is 5.91. The number of carbonyl (C=O) groups excluding carboxylic acids is 1. The lowest BCUT2D eigenvalue weighted by molar-refractivity contribution is -0.116. The Morgan fingerprint density at radius 2 is 2.07 bits per heavy atom. The van der Waals surface area contributed by atoms with Gasteiger partial charge in [-0.3, -0.25) is 4.79 Å². The second-order valence-electron chi connectivity index (χ2n) is 7.33. The van der Waals surface area contributed by atoms with Gasteiger partial charge in [0.25, 0.3) is 5.89 Å². The lowest BCUT2D eigenvalue weighted by Crippen LogP contribution is -2.20. The van der Waals surface area contributed by atoms with Crippen molar-refractivity contribution in [2.45, 2.75) is 46.1 Å². The van der Waals surface area contributed by atoms with Gasteiger partial charge in [0.1, 0.15) is 12.3 Å². The number of ether oxygens (including phenoxy) is 1. The predicted molar refractivity (Wildman–Crippen MR) is 106 cm³/mol. The van der Waals surface area contributed by atoms with Gasteiger partial charge >= 0.3 is 0 Å². The maximum atomic E-state index is 12.6. The van der Waals surface area contributed by atoms with E-state index in [4.69, 9.17) is 9.26 Å². The average Bonchev–Trinajstić information content (AvgIpc) is 3.35. The highest BCUT2D eigenvalue weighted by atomic mass is 16.5. The standard InChI is InChI=1S/C21H24N4O3/c1-12-9-16(27-4)7-8-18(12)22-19(26)11-25-13(2)10-17(14(25)3)21-23-20(24-28-21)15-5-6-15/h7-10,15H,5-6,11H2,1-4H3,(H,22,26). The fourth-order valence-corrected chi connectivity index (χ4v) is 3.35. The quantitative estimate of drug-likeness (QED) is 0.699. The molecule has 1 aliphatic rings. The zero-order valence-electron chi connectivity index (χ0n) is 16.6. The van der Waals surface area contributed by atoms with Gasteiger partial charge in [-0.05, 0) is 63.4 Å². The van der Waals surface area contributed by atoms with Crippen LogP contribution in [-0.4, -0.2) is 27.7 Å². The monoisotopic (exact) mass is 380 g/mol. The Bertz CT molecular complexity index is 1030. The predicted octanol–water partition coefficient (Wildman–Crippen LogP) is 3.99. The average molecular weight is 380 g/mol. The third-order valence-corrected chi connectivity index (χ3v) is 5.20. The molecule has 0 saturated heterocycles. The summed E-state index contributed by atoms with van der Waals surface area (Å²) in [5.41, 5.74) is 4.52. The highest BCUT2D eigenvalue weighted by Gasteiger charge is 2.29. The summed E-state index contributed by atoms with van der Waals surface area (Å²) in [6, 6.07) is 7.57. The summed E-state index contributed by atoms with van der Waals surface area (Å²) in [5.74, 6) is 2.42. The number of hydrogen-bond acceptors (Lipinski definition) is 5. The van der Waals surface area contributed by atoms with Crippen molar-refractivity contribution in [3.05, 3.63) is 47.0 Å². The molecule has 1 fully saturated rings. The van der Waals surface area contributed by atoms with Crippen molar-refractivity contribution in [2.24, 2.45) is 0 Å². The van der Waals surface area contributed by atoms with Gasteiger partial charge in [-0.25, -0.2) is 0 Å². The largest absolute Gasteiger partial charge is 0.497 e. The number of aryl methyl sites for hydroxylation is 2. The van der Waals surface area contributed by atoms with Crippen molar-refractivity contribution in [1.29, 1.82) is 0 Å². The summed E-state index contributed by atoms with van der Waals surface area (Å²) in [7, 11) is 1.62. The Morgan fingerprint density at radius 3 is 2.75 bits per heavy atom. The molecule has 7 heteroatoms. The van der Waals surface area contributed by atoms with E-state index in [1.807, 2.05) is 49.6 Å². The summed E-state index contributed by atoms with van der Waals surface area (Å²) < 4.78 is 12.6. The number of hydrogen-bond donors (Lipinski definition) is 1. The molecule has 1 amide bonds.